The highest BCUT2D eigenvalue weighted by molar-refractivity contribution is 5.82. The van der Waals surface area contributed by atoms with Gasteiger partial charge in [-0.1, -0.05) is 19.3 Å². The Morgan fingerprint density at radius 2 is 1.70 bits per heavy atom. The molecule has 0 bridgehead atoms. The van der Waals surface area contributed by atoms with Gasteiger partial charge in [0.25, 0.3) is 5.85 Å². The molecule has 10 nitrogen and oxygen atoms in total. The average molecular weight is 388 g/mol. The van der Waals surface area contributed by atoms with E-state index in [0.29, 0.717) is 25.9 Å². The Morgan fingerprint density at radius 1 is 1.07 bits per heavy atom. The number of amides is 1. The van der Waals surface area contributed by atoms with Crippen LogP contribution in [0.3, 0.4) is 0 Å². The highest BCUT2D eigenvalue weighted by atomic mass is 16.3. The molecule has 0 aliphatic heterocycles. The van der Waals surface area contributed by atoms with Crippen molar-refractivity contribution in [3.63, 3.8) is 0 Å². The highest BCUT2D eigenvalue weighted by Gasteiger charge is 2.27. The molecule has 0 aliphatic carbocycles. The van der Waals surface area contributed by atoms with Gasteiger partial charge in [-0.25, -0.2) is 0 Å². The van der Waals surface area contributed by atoms with E-state index in [0.717, 1.165) is 51.6 Å². The van der Waals surface area contributed by atoms with Crippen LogP contribution in [0.2, 0.25) is 0 Å². The number of unbranched alkanes of at least 4 members (excludes halogenated alkanes) is 3. The summed E-state index contributed by atoms with van der Waals surface area (Å²) in [5, 5.41) is 15.0. The summed E-state index contributed by atoms with van der Waals surface area (Å²) in [6.07, 6.45) is 6.65. The summed E-state index contributed by atoms with van der Waals surface area (Å²) in [4.78, 5) is 27.0. The molecule has 0 saturated heterocycles. The Morgan fingerprint density at radius 3 is 2.30 bits per heavy atom. The van der Waals surface area contributed by atoms with E-state index in [1.165, 1.54) is 0 Å². The van der Waals surface area contributed by atoms with Gasteiger partial charge in [-0.3, -0.25) is 20.3 Å². The summed E-state index contributed by atoms with van der Waals surface area (Å²) < 4.78 is 0. The second-order valence-electron chi connectivity index (χ2n) is 6.67. The van der Waals surface area contributed by atoms with Gasteiger partial charge in [-0.05, 0) is 51.7 Å². The molecule has 0 heterocycles. The van der Waals surface area contributed by atoms with Crippen molar-refractivity contribution in [2.45, 2.75) is 57.2 Å². The van der Waals surface area contributed by atoms with Crippen molar-refractivity contribution in [2.24, 2.45) is 33.8 Å². The Labute approximate surface area is 161 Å². The first kappa shape index (κ1) is 25.2. The number of nitrogens with two attached hydrogens (primary N) is 4. The Kier molecular flexibility index (Phi) is 14.3. The van der Waals surface area contributed by atoms with Crippen LogP contribution in [-0.2, 0) is 9.59 Å². The molecule has 0 rings (SSSR count). The smallest absolute Gasteiger partial charge is 0.251 e. The fourth-order valence-corrected chi connectivity index (χ4v) is 2.62. The Hall–Kier alpha value is -1.75. The van der Waals surface area contributed by atoms with Crippen LogP contribution in [0.4, 0.5) is 0 Å². The largest absolute Gasteiger partial charge is 0.370 e. The van der Waals surface area contributed by atoms with Crippen molar-refractivity contribution in [3.05, 3.63) is 0 Å². The molecule has 158 valence electrons. The molecule has 1 amide bonds. The molecule has 0 saturated carbocycles. The molecule has 0 spiro atoms. The number of nitrogens with one attached hydrogen (secondary N) is 2. The van der Waals surface area contributed by atoms with E-state index in [1.807, 2.05) is 0 Å². The number of guanidine groups is 1. The summed E-state index contributed by atoms with van der Waals surface area (Å²) in [6, 6.07) is 0. The van der Waals surface area contributed by atoms with Crippen molar-refractivity contribution in [1.82, 2.24) is 10.6 Å². The van der Waals surface area contributed by atoms with Crippen LogP contribution >= 0.6 is 0 Å². The van der Waals surface area contributed by atoms with Gasteiger partial charge in [0, 0.05) is 12.5 Å². The SMILES string of the molecule is NCCCNCCCCC(CCCCCN=C(N)N)C(=O)N[C@](N)(O)C=O. The van der Waals surface area contributed by atoms with Crippen LogP contribution in [0.1, 0.15) is 51.4 Å². The topological polar surface area (TPSA) is 195 Å². The maximum atomic E-state index is 12.3. The monoisotopic (exact) mass is 387 g/mol. The Bertz CT molecular complexity index is 440. The number of nitrogens with zero attached hydrogens (tertiary/aromatic N) is 1. The standard InChI is InChI=1S/C17H37N7O3/c18-9-6-11-22-10-5-3-8-14(15(26)24-17(21,27)13-25)7-2-1-4-12-23-16(19)20/h13-14,22,27H,1-12,18,21H2,(H,24,26)(H4,19,20,23)/t14?,17-/m0/s1. The lowest BCUT2D eigenvalue weighted by Crippen LogP contribution is -2.58. The maximum absolute atomic E-state index is 12.3. The molecule has 27 heavy (non-hydrogen) atoms. The number of aliphatic hydroxyl groups is 1. The lowest BCUT2D eigenvalue weighted by Gasteiger charge is -2.22. The van der Waals surface area contributed by atoms with E-state index in [4.69, 9.17) is 22.9 Å². The summed E-state index contributed by atoms with van der Waals surface area (Å²) in [5.41, 5.74) is 21.3. The number of rotatable bonds is 17. The molecule has 10 heteroatoms. The molecule has 1 unspecified atom stereocenters. The van der Waals surface area contributed by atoms with Crippen molar-refractivity contribution < 1.29 is 14.7 Å². The first-order valence-electron chi connectivity index (χ1n) is 9.58. The number of carbonyl (C=O) groups excluding carboxylic acids is 2. The van der Waals surface area contributed by atoms with Crippen LogP contribution in [0.25, 0.3) is 0 Å². The zero-order chi connectivity index (χ0) is 20.5. The molecule has 0 aromatic carbocycles. The predicted octanol–water partition coefficient (Wildman–Crippen LogP) is -1.53. The van der Waals surface area contributed by atoms with E-state index in [2.05, 4.69) is 15.6 Å². The molecular weight excluding hydrogens is 350 g/mol. The molecule has 0 aliphatic rings. The van der Waals surface area contributed by atoms with Gasteiger partial charge in [0.2, 0.25) is 5.91 Å². The molecule has 0 aromatic rings. The van der Waals surface area contributed by atoms with E-state index >= 15 is 0 Å². The minimum atomic E-state index is -2.33. The summed E-state index contributed by atoms with van der Waals surface area (Å²) in [6.45, 7) is 2.97. The van der Waals surface area contributed by atoms with Gasteiger partial charge in [0.1, 0.15) is 0 Å². The van der Waals surface area contributed by atoms with Gasteiger partial charge >= 0.3 is 0 Å². The molecule has 0 aromatic heterocycles. The summed E-state index contributed by atoms with van der Waals surface area (Å²) in [5.74, 6) is -2.98. The fraction of sp³-hybridized carbons (Fsp3) is 0.824. The van der Waals surface area contributed by atoms with Crippen molar-refractivity contribution >= 4 is 18.2 Å². The number of aldehydes is 1. The van der Waals surface area contributed by atoms with E-state index in [1.54, 1.807) is 0 Å². The van der Waals surface area contributed by atoms with Crippen LogP contribution < -0.4 is 33.6 Å². The van der Waals surface area contributed by atoms with E-state index in [-0.39, 0.29) is 18.2 Å². The first-order chi connectivity index (χ1) is 12.8. The second kappa shape index (κ2) is 15.3. The summed E-state index contributed by atoms with van der Waals surface area (Å²) in [7, 11) is 0. The molecule has 0 radical (unpaired) electrons. The molecular formula is C17H37N7O3. The predicted molar refractivity (Wildman–Crippen MR) is 106 cm³/mol. The average Bonchev–Trinajstić information content (AvgIpc) is 2.61. The van der Waals surface area contributed by atoms with Crippen LogP contribution in [0.5, 0.6) is 0 Å². The van der Waals surface area contributed by atoms with Gasteiger partial charge in [-0.2, -0.15) is 0 Å². The number of carbonyl (C=O) groups is 2. The number of hydrogen-bond acceptors (Lipinski definition) is 7. The zero-order valence-corrected chi connectivity index (χ0v) is 16.2. The van der Waals surface area contributed by atoms with Gasteiger partial charge in [0.05, 0.1) is 0 Å². The van der Waals surface area contributed by atoms with Crippen LogP contribution in [-0.4, -0.2) is 55.3 Å². The minimum absolute atomic E-state index is 0.0726. The number of aliphatic imine (C=N–C) groups is 1. The normalized spacial score (nSPS) is 14.2. The lowest BCUT2D eigenvalue weighted by atomic mass is 9.94. The maximum Gasteiger partial charge on any atom is 0.251 e. The van der Waals surface area contributed by atoms with Crippen molar-refractivity contribution in [2.75, 3.05) is 26.2 Å². The first-order valence-corrected chi connectivity index (χ1v) is 9.58. The second-order valence-corrected chi connectivity index (χ2v) is 6.67. The quantitative estimate of drug-likeness (QED) is 0.0512. The van der Waals surface area contributed by atoms with Crippen molar-refractivity contribution in [3.8, 4) is 0 Å². The third-order valence-electron chi connectivity index (χ3n) is 4.09. The zero-order valence-electron chi connectivity index (χ0n) is 16.2. The third kappa shape index (κ3) is 15.0. The van der Waals surface area contributed by atoms with E-state index < -0.39 is 11.8 Å². The number of hydrogen-bond donors (Lipinski definition) is 7. The van der Waals surface area contributed by atoms with Crippen LogP contribution in [0.15, 0.2) is 4.99 Å². The van der Waals surface area contributed by atoms with Crippen LogP contribution in [0, 0.1) is 5.92 Å². The lowest BCUT2D eigenvalue weighted by molar-refractivity contribution is -0.140. The van der Waals surface area contributed by atoms with Crippen molar-refractivity contribution in [1.29, 1.82) is 0 Å². The van der Waals surface area contributed by atoms with Gasteiger partial charge < -0.3 is 32.9 Å². The Balaban J connectivity index is 4.30. The molecule has 0 fully saturated rings. The highest BCUT2D eigenvalue weighted by Crippen LogP contribution is 2.18. The minimum Gasteiger partial charge on any atom is -0.370 e. The van der Waals surface area contributed by atoms with Gasteiger partial charge in [-0.15, -0.1) is 0 Å². The summed E-state index contributed by atoms with van der Waals surface area (Å²) >= 11 is 0. The van der Waals surface area contributed by atoms with Gasteiger partial charge in [0.15, 0.2) is 12.2 Å². The third-order valence-corrected chi connectivity index (χ3v) is 4.09. The molecule has 2 atom stereocenters. The van der Waals surface area contributed by atoms with E-state index in [9.17, 15) is 14.7 Å². The molecule has 11 N–H and O–H groups in total. The fourth-order valence-electron chi connectivity index (χ4n) is 2.62.